The Balaban J connectivity index is 3.17. The molecule has 0 spiro atoms. The van der Waals surface area contributed by atoms with Crippen LogP contribution >= 0.6 is 12.6 Å². The van der Waals surface area contributed by atoms with Gasteiger partial charge >= 0.3 is 0 Å². The Morgan fingerprint density at radius 3 is 2.44 bits per heavy atom. The van der Waals surface area contributed by atoms with Crippen LogP contribution in [0.15, 0.2) is 12.2 Å². The van der Waals surface area contributed by atoms with Gasteiger partial charge in [-0.15, -0.1) is 0 Å². The normalized spacial score (nSPS) is 10.2. The molecule has 0 aliphatic heterocycles. The van der Waals surface area contributed by atoms with Crippen molar-refractivity contribution < 1.29 is 0 Å². The van der Waals surface area contributed by atoms with Gasteiger partial charge in [0.15, 0.2) is 0 Å². The SMILES string of the molecule is C=C(CS)CCC(C)C. The second-order valence-corrected chi connectivity index (χ2v) is 3.16. The molecular formula is C8H16S. The molecule has 0 bridgehead atoms. The highest BCUT2D eigenvalue weighted by Gasteiger charge is 1.94. The topological polar surface area (TPSA) is 0 Å². The standard InChI is InChI=1S/C8H16S/c1-7(2)4-5-8(3)6-9/h7,9H,3-6H2,1-2H3. The van der Waals surface area contributed by atoms with Crippen molar-refractivity contribution in [1.82, 2.24) is 0 Å². The van der Waals surface area contributed by atoms with Crippen LogP contribution in [0, 0.1) is 5.92 Å². The molecule has 0 unspecified atom stereocenters. The Kier molecular flexibility index (Phi) is 4.97. The predicted molar refractivity (Wildman–Crippen MR) is 47.1 cm³/mol. The quantitative estimate of drug-likeness (QED) is 0.455. The Morgan fingerprint density at radius 2 is 2.11 bits per heavy atom. The molecule has 0 amide bonds. The summed E-state index contributed by atoms with van der Waals surface area (Å²) in [5.74, 6) is 1.63. The van der Waals surface area contributed by atoms with Gasteiger partial charge in [-0.3, -0.25) is 0 Å². The van der Waals surface area contributed by atoms with E-state index in [9.17, 15) is 0 Å². The lowest BCUT2D eigenvalue weighted by molar-refractivity contribution is 0.586. The molecular weight excluding hydrogens is 128 g/mol. The van der Waals surface area contributed by atoms with Crippen LogP contribution in [0.25, 0.3) is 0 Å². The van der Waals surface area contributed by atoms with E-state index in [4.69, 9.17) is 0 Å². The third-order valence-corrected chi connectivity index (χ3v) is 1.75. The third-order valence-electron chi connectivity index (χ3n) is 1.30. The lowest BCUT2D eigenvalue weighted by Crippen LogP contribution is -1.89. The molecule has 0 saturated heterocycles. The molecule has 0 atom stereocenters. The zero-order valence-corrected chi connectivity index (χ0v) is 7.25. The molecule has 54 valence electrons. The molecule has 0 aromatic rings. The Labute approximate surface area is 63.8 Å². The van der Waals surface area contributed by atoms with Crippen molar-refractivity contribution in [1.29, 1.82) is 0 Å². The van der Waals surface area contributed by atoms with E-state index in [1.807, 2.05) is 0 Å². The van der Waals surface area contributed by atoms with Crippen molar-refractivity contribution >= 4 is 12.6 Å². The van der Waals surface area contributed by atoms with E-state index >= 15 is 0 Å². The summed E-state index contributed by atoms with van der Waals surface area (Å²) >= 11 is 4.12. The summed E-state index contributed by atoms with van der Waals surface area (Å²) in [7, 11) is 0. The highest BCUT2D eigenvalue weighted by atomic mass is 32.1. The molecule has 0 saturated carbocycles. The summed E-state index contributed by atoms with van der Waals surface area (Å²) in [6.07, 6.45) is 2.39. The molecule has 0 aromatic heterocycles. The first kappa shape index (κ1) is 9.09. The summed E-state index contributed by atoms with van der Waals surface area (Å²) in [6, 6.07) is 0. The summed E-state index contributed by atoms with van der Waals surface area (Å²) < 4.78 is 0. The van der Waals surface area contributed by atoms with Gasteiger partial charge in [-0.1, -0.05) is 26.0 Å². The maximum Gasteiger partial charge on any atom is 0.0110 e. The molecule has 0 nitrogen and oxygen atoms in total. The minimum absolute atomic E-state index is 0.793. The van der Waals surface area contributed by atoms with Crippen molar-refractivity contribution in [2.75, 3.05) is 5.75 Å². The van der Waals surface area contributed by atoms with Crippen LogP contribution in [0.5, 0.6) is 0 Å². The zero-order chi connectivity index (χ0) is 7.28. The molecule has 0 aromatic carbocycles. The maximum atomic E-state index is 4.12. The van der Waals surface area contributed by atoms with Crippen molar-refractivity contribution in [2.45, 2.75) is 26.7 Å². The van der Waals surface area contributed by atoms with Gasteiger partial charge in [0.05, 0.1) is 0 Å². The van der Waals surface area contributed by atoms with Crippen molar-refractivity contribution in [3.05, 3.63) is 12.2 Å². The Morgan fingerprint density at radius 1 is 1.56 bits per heavy atom. The molecule has 0 heterocycles. The van der Waals surface area contributed by atoms with E-state index in [1.54, 1.807) is 0 Å². The fraction of sp³-hybridized carbons (Fsp3) is 0.750. The van der Waals surface area contributed by atoms with Crippen molar-refractivity contribution in [2.24, 2.45) is 5.92 Å². The van der Waals surface area contributed by atoms with E-state index in [-0.39, 0.29) is 0 Å². The average Bonchev–Trinajstić information content (AvgIpc) is 1.83. The summed E-state index contributed by atoms with van der Waals surface area (Å²) in [5.41, 5.74) is 1.26. The number of hydrogen-bond acceptors (Lipinski definition) is 1. The van der Waals surface area contributed by atoms with Crippen LogP contribution in [-0.4, -0.2) is 5.75 Å². The van der Waals surface area contributed by atoms with Crippen LogP contribution in [0.1, 0.15) is 26.7 Å². The van der Waals surface area contributed by atoms with E-state index in [0.29, 0.717) is 0 Å². The van der Waals surface area contributed by atoms with E-state index < -0.39 is 0 Å². The van der Waals surface area contributed by atoms with E-state index in [0.717, 1.165) is 18.1 Å². The summed E-state index contributed by atoms with van der Waals surface area (Å²) in [5, 5.41) is 0. The fourth-order valence-electron chi connectivity index (χ4n) is 0.572. The number of hydrogen-bond donors (Lipinski definition) is 1. The molecule has 1 heteroatoms. The molecule has 0 N–H and O–H groups in total. The average molecular weight is 144 g/mol. The first-order valence-electron chi connectivity index (χ1n) is 3.44. The predicted octanol–water partition coefficient (Wildman–Crippen LogP) is 2.91. The first-order chi connectivity index (χ1) is 4.16. The van der Waals surface area contributed by atoms with Crippen molar-refractivity contribution in [3.63, 3.8) is 0 Å². The number of rotatable bonds is 4. The van der Waals surface area contributed by atoms with Gasteiger partial charge in [0.25, 0.3) is 0 Å². The Hall–Kier alpha value is 0.0900. The van der Waals surface area contributed by atoms with Gasteiger partial charge in [0, 0.05) is 5.75 Å². The van der Waals surface area contributed by atoms with Gasteiger partial charge in [-0.05, 0) is 18.8 Å². The molecule has 0 aliphatic rings. The fourth-order valence-corrected chi connectivity index (χ4v) is 0.730. The summed E-state index contributed by atoms with van der Waals surface area (Å²) in [4.78, 5) is 0. The van der Waals surface area contributed by atoms with E-state index in [2.05, 4.69) is 33.1 Å². The third kappa shape index (κ3) is 5.97. The largest absolute Gasteiger partial charge is 0.175 e. The zero-order valence-electron chi connectivity index (χ0n) is 6.35. The minimum Gasteiger partial charge on any atom is -0.175 e. The van der Waals surface area contributed by atoms with Gasteiger partial charge in [0.2, 0.25) is 0 Å². The smallest absolute Gasteiger partial charge is 0.0110 e. The molecule has 0 fully saturated rings. The Bertz CT molecular complexity index is 84.6. The number of thiol groups is 1. The highest BCUT2D eigenvalue weighted by molar-refractivity contribution is 7.80. The maximum absolute atomic E-state index is 4.12. The second kappa shape index (κ2) is 4.92. The molecule has 0 aliphatic carbocycles. The van der Waals surface area contributed by atoms with Crippen LogP contribution in [0.3, 0.4) is 0 Å². The molecule has 9 heavy (non-hydrogen) atoms. The van der Waals surface area contributed by atoms with Gasteiger partial charge < -0.3 is 0 Å². The van der Waals surface area contributed by atoms with Crippen LogP contribution < -0.4 is 0 Å². The van der Waals surface area contributed by atoms with Gasteiger partial charge in [-0.2, -0.15) is 12.6 Å². The first-order valence-corrected chi connectivity index (χ1v) is 4.07. The van der Waals surface area contributed by atoms with Crippen LogP contribution in [0.4, 0.5) is 0 Å². The lowest BCUT2D eigenvalue weighted by Gasteiger charge is -2.03. The summed E-state index contributed by atoms with van der Waals surface area (Å²) in [6.45, 7) is 8.32. The second-order valence-electron chi connectivity index (χ2n) is 2.84. The van der Waals surface area contributed by atoms with Crippen LogP contribution in [-0.2, 0) is 0 Å². The highest BCUT2D eigenvalue weighted by Crippen LogP contribution is 2.10. The van der Waals surface area contributed by atoms with Crippen molar-refractivity contribution in [3.8, 4) is 0 Å². The lowest BCUT2D eigenvalue weighted by atomic mass is 10.1. The minimum atomic E-state index is 0.793. The molecule has 0 rings (SSSR count). The van der Waals surface area contributed by atoms with Gasteiger partial charge in [-0.25, -0.2) is 0 Å². The van der Waals surface area contributed by atoms with E-state index in [1.165, 1.54) is 12.0 Å². The monoisotopic (exact) mass is 144 g/mol. The van der Waals surface area contributed by atoms with Gasteiger partial charge in [0.1, 0.15) is 0 Å². The van der Waals surface area contributed by atoms with Crippen LogP contribution in [0.2, 0.25) is 0 Å². The molecule has 0 radical (unpaired) electrons.